The second kappa shape index (κ2) is 22.1. The van der Waals surface area contributed by atoms with E-state index in [1.54, 1.807) is 0 Å². The monoisotopic (exact) mass is 1220 g/mol. The number of hydrogen-bond donors (Lipinski definition) is 0. The summed E-state index contributed by atoms with van der Waals surface area (Å²) in [5.41, 5.74) is 25.5. The van der Waals surface area contributed by atoms with Crippen LogP contribution >= 0.6 is 0 Å². The van der Waals surface area contributed by atoms with E-state index in [-0.39, 0.29) is 0 Å². The lowest BCUT2D eigenvalue weighted by Crippen LogP contribution is -2.10. The summed E-state index contributed by atoms with van der Waals surface area (Å²) >= 11 is 0. The van der Waals surface area contributed by atoms with E-state index in [9.17, 15) is 6.57 Å². The van der Waals surface area contributed by atoms with Gasteiger partial charge in [0.05, 0.1) is 67.8 Å². The number of fused-ring (bicyclic) bond motifs is 12. The van der Waals surface area contributed by atoms with Gasteiger partial charge in [-0.3, -0.25) is 0 Å². The van der Waals surface area contributed by atoms with Crippen LogP contribution in [0.15, 0.2) is 346 Å². The maximum Gasteiger partial charge on any atom is 0.236 e. The first-order valence-electron chi connectivity index (χ1n) is 32.8. The fourth-order valence-electron chi connectivity index (χ4n) is 15.4. The summed E-state index contributed by atoms with van der Waals surface area (Å²) in [6.45, 7) is 10.4. The Balaban J connectivity index is 1.06. The maximum absolute atomic E-state index is 10.4. The van der Waals surface area contributed by atoms with Crippen LogP contribution in [0.1, 0.15) is 0 Å². The van der Waals surface area contributed by atoms with E-state index in [1.807, 2.05) is 0 Å². The summed E-state index contributed by atoms with van der Waals surface area (Å²) in [5, 5.41) is 8.55. The van der Waals surface area contributed by atoms with Crippen molar-refractivity contribution in [1.29, 1.82) is 0 Å². The first-order valence-corrected chi connectivity index (χ1v) is 32.8. The zero-order chi connectivity index (χ0) is 63.4. The van der Waals surface area contributed by atoms with Crippen LogP contribution in [-0.4, -0.2) is 18.3 Å². The molecule has 5 heteroatoms. The fraction of sp³-hybridized carbons (Fsp3) is 0. The van der Waals surface area contributed by atoms with Gasteiger partial charge in [-0.15, -0.1) is 0 Å². The van der Waals surface area contributed by atoms with Gasteiger partial charge in [0.1, 0.15) is 0 Å². The number of rotatable bonds is 10. The van der Waals surface area contributed by atoms with Crippen molar-refractivity contribution in [2.45, 2.75) is 0 Å². The molecule has 19 aromatic rings. The smallest absolute Gasteiger partial charge is 0.236 e. The van der Waals surface area contributed by atoms with E-state index in [0.29, 0.717) is 5.69 Å². The van der Waals surface area contributed by atoms with Gasteiger partial charge in [0, 0.05) is 48.8 Å². The Morgan fingerprint density at radius 2 is 0.448 bits per heavy atom. The third-order valence-electron chi connectivity index (χ3n) is 19.7. The van der Waals surface area contributed by atoms with Crippen LogP contribution in [0.4, 0.5) is 5.69 Å². The summed E-state index contributed by atoms with van der Waals surface area (Å²) < 4.78 is 9.90. The van der Waals surface area contributed by atoms with Crippen LogP contribution in [0, 0.1) is 6.57 Å². The summed E-state index contributed by atoms with van der Waals surface area (Å²) in [6.07, 6.45) is 0. The highest BCUT2D eigenvalue weighted by Gasteiger charge is 2.34. The quantitative estimate of drug-likeness (QED) is 0.122. The van der Waals surface area contributed by atoms with Gasteiger partial charge in [0.25, 0.3) is 0 Å². The normalized spacial score (nSPS) is 11.7. The standard InChI is InChI=1S/C91H57N5/c1-92-87-88(94-80-47-41-65(59-25-9-2-10-26-59)53-73(80)74-54-66(42-48-81(74)94)60-27-11-3-12-28-60)86-72-39-23-24-40-79(72)93(71-37-21-8-22-38-71)89(86)91(96-84-51-45-69(63-33-17-6-18-34-63)57-77(84)78-58-70(46-52-85(78)96)64-35-19-7-20-36-64)90(87)95-82-49-43-67(61-29-13-4-14-30-61)55-75(82)76-56-68(44-50-83(76)95)62-31-15-5-16-32-62/h2-58H. The number of hydrogen-bond acceptors (Lipinski definition) is 0. The molecule has 0 bridgehead atoms. The van der Waals surface area contributed by atoms with Crippen LogP contribution in [-0.2, 0) is 0 Å². The zero-order valence-electron chi connectivity index (χ0n) is 52.1. The van der Waals surface area contributed by atoms with Crippen LogP contribution in [0.5, 0.6) is 0 Å². The van der Waals surface area contributed by atoms with Crippen LogP contribution in [0.25, 0.3) is 182 Å². The largest absolute Gasteiger partial charge is 0.318 e. The number of aromatic nitrogens is 4. The van der Waals surface area contributed by atoms with E-state index < -0.39 is 0 Å². The molecule has 0 aliphatic rings. The third kappa shape index (κ3) is 8.56. The molecule has 0 spiro atoms. The summed E-state index contributed by atoms with van der Waals surface area (Å²) in [6, 6.07) is 126. The fourth-order valence-corrected chi connectivity index (χ4v) is 15.4. The minimum Gasteiger partial charge on any atom is -0.318 e. The van der Waals surface area contributed by atoms with Crippen molar-refractivity contribution in [1.82, 2.24) is 18.3 Å². The first-order chi connectivity index (χ1) is 47.6. The highest BCUT2D eigenvalue weighted by Crippen LogP contribution is 2.54. The van der Waals surface area contributed by atoms with Gasteiger partial charge < -0.3 is 18.3 Å². The van der Waals surface area contributed by atoms with Crippen LogP contribution in [0.3, 0.4) is 0 Å². The molecule has 0 aliphatic heterocycles. The first kappa shape index (κ1) is 54.7. The van der Waals surface area contributed by atoms with Crippen LogP contribution < -0.4 is 0 Å². The Morgan fingerprint density at radius 1 is 0.198 bits per heavy atom. The minimum atomic E-state index is 0.515. The molecular formula is C91H57N5. The SMILES string of the molecule is [C-]#[N+]c1c(-n2c3ccc(-c4ccccc4)cc3c3cc(-c4ccccc4)ccc32)c(-n2c3ccc(-c4ccccc4)cc3c3cc(-c4ccccc4)ccc32)c2c(c1-n1c3ccc(-c4ccccc4)cc3c3cc(-c4ccccc4)ccc31)c1ccccc1n2-c1ccccc1. The molecule has 0 saturated heterocycles. The number of para-hydroxylation sites is 2. The second-order valence-corrected chi connectivity index (χ2v) is 25.0. The van der Waals surface area contributed by atoms with Gasteiger partial charge >= 0.3 is 0 Å². The van der Waals surface area contributed by atoms with Crippen LogP contribution in [0.2, 0.25) is 0 Å². The van der Waals surface area contributed by atoms with Gasteiger partial charge in [0.2, 0.25) is 5.69 Å². The summed E-state index contributed by atoms with van der Waals surface area (Å²) in [4.78, 5) is 5.13. The van der Waals surface area contributed by atoms with E-state index in [1.165, 1.54) is 0 Å². The Bertz CT molecular complexity index is 6040. The molecule has 0 aliphatic carbocycles. The molecule has 0 amide bonds. The predicted octanol–water partition coefficient (Wildman–Crippen LogP) is 24.6. The molecule has 0 unspecified atom stereocenters. The van der Waals surface area contributed by atoms with Gasteiger partial charge in [-0.05, 0) is 158 Å². The topological polar surface area (TPSA) is 24.1 Å². The average molecular weight is 1220 g/mol. The molecule has 5 nitrogen and oxygen atoms in total. The minimum absolute atomic E-state index is 0.515. The van der Waals surface area contributed by atoms with Crippen molar-refractivity contribution in [3.05, 3.63) is 357 Å². The predicted molar refractivity (Wildman–Crippen MR) is 403 cm³/mol. The summed E-state index contributed by atoms with van der Waals surface area (Å²) in [7, 11) is 0. The molecule has 0 atom stereocenters. The Labute approximate surface area is 554 Å². The molecule has 19 rings (SSSR count). The van der Waals surface area contributed by atoms with Crippen molar-refractivity contribution < 1.29 is 0 Å². The van der Waals surface area contributed by atoms with E-state index >= 15 is 0 Å². The number of nitrogens with zero attached hydrogens (tertiary/aromatic N) is 5. The van der Waals surface area contributed by atoms with Crippen molar-refractivity contribution in [2.75, 3.05) is 0 Å². The Morgan fingerprint density at radius 3 is 0.750 bits per heavy atom. The van der Waals surface area contributed by atoms with E-state index in [4.69, 9.17) is 4.85 Å². The maximum atomic E-state index is 10.4. The van der Waals surface area contributed by atoms with Gasteiger partial charge in [-0.25, -0.2) is 4.85 Å². The molecule has 0 fully saturated rings. The number of benzene rings is 15. The summed E-state index contributed by atoms with van der Waals surface area (Å²) in [5.74, 6) is 0. The molecule has 0 radical (unpaired) electrons. The zero-order valence-corrected chi connectivity index (χ0v) is 52.1. The lowest BCUT2D eigenvalue weighted by molar-refractivity contribution is 1.08. The lowest BCUT2D eigenvalue weighted by Gasteiger charge is -2.25. The molecule has 446 valence electrons. The highest BCUT2D eigenvalue weighted by molar-refractivity contribution is 6.25. The van der Waals surface area contributed by atoms with E-state index in [0.717, 1.165) is 177 Å². The average Bonchev–Trinajstić information content (AvgIpc) is 1.50. The Hall–Kier alpha value is -13.0. The van der Waals surface area contributed by atoms with Gasteiger partial charge in [0.15, 0.2) is 0 Å². The van der Waals surface area contributed by atoms with Gasteiger partial charge in [-0.1, -0.05) is 255 Å². The third-order valence-corrected chi connectivity index (χ3v) is 19.7. The molecule has 15 aromatic carbocycles. The second-order valence-electron chi connectivity index (χ2n) is 25.0. The Kier molecular flexibility index (Phi) is 12.6. The van der Waals surface area contributed by atoms with Crippen molar-refractivity contribution in [3.63, 3.8) is 0 Å². The molecule has 0 saturated carbocycles. The van der Waals surface area contributed by atoms with Crippen molar-refractivity contribution in [2.24, 2.45) is 0 Å². The molecule has 4 aromatic heterocycles. The molecule has 4 heterocycles. The van der Waals surface area contributed by atoms with Crippen molar-refractivity contribution in [3.8, 4) is 89.5 Å². The highest BCUT2D eigenvalue weighted by atomic mass is 15.1. The van der Waals surface area contributed by atoms with Crippen molar-refractivity contribution >= 4 is 92.9 Å². The van der Waals surface area contributed by atoms with E-state index in [2.05, 4.69) is 364 Å². The molecule has 96 heavy (non-hydrogen) atoms. The molecular weight excluding hydrogens is 1160 g/mol. The van der Waals surface area contributed by atoms with Gasteiger partial charge in [-0.2, -0.15) is 0 Å². The lowest BCUT2D eigenvalue weighted by atomic mass is 10.0. The molecule has 0 N–H and O–H groups in total.